The quantitative estimate of drug-likeness (QED) is 0.521. The second-order valence-electron chi connectivity index (χ2n) is 6.07. The Morgan fingerprint density at radius 3 is 2.54 bits per heavy atom. The van der Waals surface area contributed by atoms with E-state index >= 15 is 0 Å². The van der Waals surface area contributed by atoms with E-state index in [4.69, 9.17) is 0 Å². The van der Waals surface area contributed by atoms with Crippen molar-refractivity contribution in [2.75, 3.05) is 0 Å². The third kappa shape index (κ3) is 2.90. The fraction of sp³-hybridized carbons (Fsp3) is 0.105. The van der Waals surface area contributed by atoms with Crippen LogP contribution in [0.25, 0.3) is 11.3 Å². The van der Waals surface area contributed by atoms with E-state index in [0.717, 1.165) is 15.6 Å². The molecule has 0 spiro atoms. The molecule has 2 heterocycles. The molecule has 0 amide bonds. The van der Waals surface area contributed by atoms with Gasteiger partial charge in [-0.1, -0.05) is 45.8 Å². The van der Waals surface area contributed by atoms with Crippen molar-refractivity contribution >= 4 is 21.6 Å². The first-order chi connectivity index (χ1) is 12.5. The summed E-state index contributed by atoms with van der Waals surface area (Å²) in [5.41, 5.74) is 2.21. The average molecular weight is 411 g/mol. The Bertz CT molecular complexity index is 1220. The molecule has 4 rings (SSSR count). The van der Waals surface area contributed by atoms with E-state index in [9.17, 15) is 9.59 Å². The van der Waals surface area contributed by atoms with Gasteiger partial charge in [-0.3, -0.25) is 9.36 Å². The first kappa shape index (κ1) is 16.5. The monoisotopic (exact) mass is 410 g/mol. The lowest BCUT2D eigenvalue weighted by molar-refractivity contribution is 0.658. The number of halogens is 1. The molecule has 130 valence electrons. The van der Waals surface area contributed by atoms with E-state index in [-0.39, 0.29) is 16.9 Å². The number of aromatic nitrogens is 4. The van der Waals surface area contributed by atoms with Gasteiger partial charge in [0, 0.05) is 22.6 Å². The predicted molar refractivity (Wildman–Crippen MR) is 103 cm³/mol. The lowest BCUT2D eigenvalue weighted by Gasteiger charge is -2.05. The molecule has 0 saturated carbocycles. The molecule has 0 atom stereocenters. The molecular formula is C19H15BrN4O2. The van der Waals surface area contributed by atoms with Gasteiger partial charge in [0.25, 0.3) is 0 Å². The minimum atomic E-state index is -0.338. The molecular weight excluding hydrogens is 396 g/mol. The Labute approximate surface area is 157 Å². The zero-order valence-corrected chi connectivity index (χ0v) is 15.5. The Morgan fingerprint density at radius 1 is 1.04 bits per heavy atom. The molecule has 0 aliphatic carbocycles. The number of rotatable bonds is 3. The van der Waals surface area contributed by atoms with Crippen LogP contribution in [0.2, 0.25) is 0 Å². The van der Waals surface area contributed by atoms with E-state index in [0.29, 0.717) is 12.2 Å². The zero-order chi connectivity index (χ0) is 18.3. The zero-order valence-electron chi connectivity index (χ0n) is 14.0. The van der Waals surface area contributed by atoms with Crippen molar-refractivity contribution in [3.05, 3.63) is 97.4 Å². The van der Waals surface area contributed by atoms with Crippen LogP contribution in [-0.2, 0) is 6.54 Å². The highest BCUT2D eigenvalue weighted by atomic mass is 79.9. The summed E-state index contributed by atoms with van der Waals surface area (Å²) in [4.78, 5) is 25.4. The fourth-order valence-corrected chi connectivity index (χ4v) is 3.16. The number of nitrogens with zero attached hydrogens (tertiary/aromatic N) is 4. The summed E-state index contributed by atoms with van der Waals surface area (Å²) in [5, 5.41) is 4.26. The lowest BCUT2D eigenvalue weighted by Crippen LogP contribution is -2.24. The van der Waals surface area contributed by atoms with Crippen LogP contribution in [0.5, 0.6) is 0 Å². The number of hydrogen-bond donors (Lipinski definition) is 0. The van der Waals surface area contributed by atoms with Gasteiger partial charge in [-0.05, 0) is 36.8 Å². The third-order valence-electron chi connectivity index (χ3n) is 4.17. The van der Waals surface area contributed by atoms with Crippen molar-refractivity contribution in [2.24, 2.45) is 0 Å². The Morgan fingerprint density at radius 2 is 1.81 bits per heavy atom. The highest BCUT2D eigenvalue weighted by Crippen LogP contribution is 2.13. The first-order valence-electron chi connectivity index (χ1n) is 8.05. The van der Waals surface area contributed by atoms with E-state index in [1.807, 2.05) is 55.5 Å². The summed E-state index contributed by atoms with van der Waals surface area (Å²) in [5.74, 6) is 0. The van der Waals surface area contributed by atoms with Gasteiger partial charge in [-0.25, -0.2) is 13.9 Å². The summed E-state index contributed by atoms with van der Waals surface area (Å²) in [6, 6.07) is 15.2. The van der Waals surface area contributed by atoms with Crippen LogP contribution >= 0.6 is 15.9 Å². The molecule has 0 saturated heterocycles. The van der Waals surface area contributed by atoms with Crippen molar-refractivity contribution < 1.29 is 0 Å². The molecule has 26 heavy (non-hydrogen) atoms. The molecule has 0 aliphatic rings. The Balaban J connectivity index is 1.82. The van der Waals surface area contributed by atoms with Crippen LogP contribution in [-0.4, -0.2) is 18.7 Å². The average Bonchev–Trinajstić information content (AvgIpc) is 2.93. The van der Waals surface area contributed by atoms with Crippen LogP contribution in [0.15, 0.2) is 75.0 Å². The molecule has 7 heteroatoms. The van der Waals surface area contributed by atoms with Gasteiger partial charge in [0.15, 0.2) is 0 Å². The molecule has 2 aromatic heterocycles. The van der Waals surface area contributed by atoms with Crippen LogP contribution in [0.1, 0.15) is 11.1 Å². The van der Waals surface area contributed by atoms with Gasteiger partial charge in [-0.15, -0.1) is 5.10 Å². The van der Waals surface area contributed by atoms with Gasteiger partial charge >= 0.3 is 11.2 Å². The maximum absolute atomic E-state index is 12.8. The maximum atomic E-state index is 12.8. The number of fused-ring (bicyclic) bond motifs is 1. The molecule has 0 unspecified atom stereocenters. The summed E-state index contributed by atoms with van der Waals surface area (Å²) < 4.78 is 5.00. The van der Waals surface area contributed by atoms with Gasteiger partial charge < -0.3 is 0 Å². The summed E-state index contributed by atoms with van der Waals surface area (Å²) in [6.07, 6.45) is 3.15. The second kappa shape index (κ2) is 6.42. The van der Waals surface area contributed by atoms with Gasteiger partial charge in [-0.2, -0.15) is 0 Å². The van der Waals surface area contributed by atoms with Crippen molar-refractivity contribution in [3.8, 4) is 5.69 Å². The van der Waals surface area contributed by atoms with Gasteiger partial charge in [0.05, 0.1) is 6.54 Å². The molecule has 0 fully saturated rings. The predicted octanol–water partition coefficient (Wildman–Crippen LogP) is 2.77. The largest absolute Gasteiger partial charge is 0.350 e. The molecule has 0 aliphatic heterocycles. The molecule has 2 aromatic carbocycles. The highest BCUT2D eigenvalue weighted by molar-refractivity contribution is 9.10. The molecule has 6 nitrogen and oxygen atoms in total. The summed E-state index contributed by atoms with van der Waals surface area (Å²) in [7, 11) is 0. The van der Waals surface area contributed by atoms with E-state index in [1.54, 1.807) is 12.4 Å². The minimum absolute atomic E-state index is 0.105. The first-order valence-corrected chi connectivity index (χ1v) is 8.84. The Kier molecular flexibility index (Phi) is 4.08. The van der Waals surface area contributed by atoms with Gasteiger partial charge in [0.2, 0.25) is 5.65 Å². The van der Waals surface area contributed by atoms with E-state index < -0.39 is 0 Å². The van der Waals surface area contributed by atoms with E-state index in [1.165, 1.54) is 13.6 Å². The fourth-order valence-electron chi connectivity index (χ4n) is 2.90. The number of aryl methyl sites for hydroxylation is 1. The number of benzene rings is 2. The molecule has 4 aromatic rings. The van der Waals surface area contributed by atoms with Crippen molar-refractivity contribution in [2.45, 2.75) is 13.5 Å². The lowest BCUT2D eigenvalue weighted by atomic mass is 10.1. The third-order valence-corrected chi connectivity index (χ3v) is 4.69. The normalized spacial score (nSPS) is 11.2. The van der Waals surface area contributed by atoms with Gasteiger partial charge in [0.1, 0.15) is 0 Å². The highest BCUT2D eigenvalue weighted by Gasteiger charge is 2.13. The molecule has 0 radical (unpaired) electrons. The summed E-state index contributed by atoms with van der Waals surface area (Å²) >= 11 is 3.38. The van der Waals surface area contributed by atoms with Crippen LogP contribution < -0.4 is 11.2 Å². The minimum Gasteiger partial charge on any atom is -0.280 e. The standard InChI is InChI=1S/C19H15BrN4O2/c1-13-3-2-4-14(11-13)12-24-19(26)23-10-9-22(18(25)17(23)21-24)16-7-5-15(20)6-8-16/h2-11H,12H2,1H3. The van der Waals surface area contributed by atoms with Crippen LogP contribution in [0, 0.1) is 6.92 Å². The Hall–Kier alpha value is -2.93. The molecule has 0 N–H and O–H groups in total. The van der Waals surface area contributed by atoms with Crippen molar-refractivity contribution in [1.82, 2.24) is 18.7 Å². The second-order valence-corrected chi connectivity index (χ2v) is 6.99. The smallest absolute Gasteiger partial charge is 0.280 e. The summed E-state index contributed by atoms with van der Waals surface area (Å²) in [6.45, 7) is 2.31. The van der Waals surface area contributed by atoms with E-state index in [2.05, 4.69) is 21.0 Å². The van der Waals surface area contributed by atoms with Crippen LogP contribution in [0.3, 0.4) is 0 Å². The van der Waals surface area contributed by atoms with Crippen LogP contribution in [0.4, 0.5) is 0 Å². The maximum Gasteiger partial charge on any atom is 0.350 e. The number of hydrogen-bond acceptors (Lipinski definition) is 3. The van der Waals surface area contributed by atoms with Crippen molar-refractivity contribution in [3.63, 3.8) is 0 Å². The topological polar surface area (TPSA) is 61.3 Å². The SMILES string of the molecule is Cc1cccc(Cn2nc3c(=O)n(-c4ccc(Br)cc4)ccn3c2=O)c1. The molecule has 0 bridgehead atoms. The van der Waals surface area contributed by atoms with Crippen molar-refractivity contribution in [1.29, 1.82) is 0 Å².